The minimum atomic E-state index is 0.180. The molecule has 1 fully saturated rings. The first-order valence-electron chi connectivity index (χ1n) is 6.77. The first-order chi connectivity index (χ1) is 9.19. The summed E-state index contributed by atoms with van der Waals surface area (Å²) < 4.78 is 5.36. The molecule has 0 unspecified atom stereocenters. The molecule has 0 aromatic carbocycles. The molecule has 1 saturated carbocycles. The van der Waals surface area contributed by atoms with Gasteiger partial charge in [0.1, 0.15) is 0 Å². The summed E-state index contributed by atoms with van der Waals surface area (Å²) in [7, 11) is 2.14. The zero-order valence-corrected chi connectivity index (χ0v) is 11.6. The topological polar surface area (TPSA) is 89.2 Å². The number of likely N-dealkylation sites (N-methyl/N-ethyl adjacent to an activating group) is 1. The molecular weight excluding hydrogens is 244 g/mol. The molecule has 0 saturated heterocycles. The van der Waals surface area contributed by atoms with Gasteiger partial charge in [-0.3, -0.25) is 0 Å². The predicted octanol–water partition coefficient (Wildman–Crippen LogP) is 0.749. The lowest BCUT2D eigenvalue weighted by Gasteiger charge is -2.15. The van der Waals surface area contributed by atoms with Crippen LogP contribution in [0.5, 0.6) is 6.01 Å². The number of rotatable bonds is 8. The van der Waals surface area contributed by atoms with E-state index in [0.29, 0.717) is 12.6 Å². The van der Waals surface area contributed by atoms with Gasteiger partial charge in [0.05, 0.1) is 6.61 Å². The van der Waals surface area contributed by atoms with Crippen molar-refractivity contribution >= 4 is 11.9 Å². The van der Waals surface area contributed by atoms with E-state index in [1.54, 1.807) is 0 Å². The number of nitrogens with zero attached hydrogens (tertiary/aromatic N) is 4. The molecule has 0 spiro atoms. The fraction of sp³-hybridized carbons (Fsp3) is 0.750. The Morgan fingerprint density at radius 2 is 2.16 bits per heavy atom. The lowest BCUT2D eigenvalue weighted by molar-refractivity contribution is 0.292. The van der Waals surface area contributed by atoms with Crippen LogP contribution in [0.2, 0.25) is 0 Å². The maximum absolute atomic E-state index is 5.63. The maximum Gasteiger partial charge on any atom is 0.323 e. The molecule has 3 N–H and O–H groups in total. The summed E-state index contributed by atoms with van der Waals surface area (Å²) in [4.78, 5) is 14.5. The molecule has 106 valence electrons. The van der Waals surface area contributed by atoms with Gasteiger partial charge in [-0.15, -0.1) is 0 Å². The van der Waals surface area contributed by atoms with E-state index >= 15 is 0 Å². The number of anilines is 2. The Hall–Kier alpha value is -1.63. The van der Waals surface area contributed by atoms with Crippen LogP contribution >= 0.6 is 0 Å². The second-order valence-electron chi connectivity index (χ2n) is 4.79. The summed E-state index contributed by atoms with van der Waals surface area (Å²) in [6, 6.07) is 1.04. The number of nitrogens with two attached hydrogens (primary N) is 1. The summed E-state index contributed by atoms with van der Waals surface area (Å²) in [6.07, 6.45) is 3.52. The molecule has 2 rings (SSSR count). The molecule has 19 heavy (non-hydrogen) atoms. The Morgan fingerprint density at radius 3 is 2.84 bits per heavy atom. The normalized spacial score (nSPS) is 14.7. The van der Waals surface area contributed by atoms with Crippen molar-refractivity contribution in [3.05, 3.63) is 0 Å². The molecule has 0 bridgehead atoms. The first kappa shape index (κ1) is 13.8. The van der Waals surface area contributed by atoms with Crippen molar-refractivity contribution in [2.24, 2.45) is 0 Å². The van der Waals surface area contributed by atoms with Gasteiger partial charge >= 0.3 is 6.01 Å². The van der Waals surface area contributed by atoms with Gasteiger partial charge in [0.2, 0.25) is 11.9 Å². The van der Waals surface area contributed by atoms with Crippen LogP contribution in [0.25, 0.3) is 0 Å². The van der Waals surface area contributed by atoms with Crippen LogP contribution < -0.4 is 15.8 Å². The third-order valence-electron chi connectivity index (χ3n) is 2.99. The lowest BCUT2D eigenvalue weighted by Crippen LogP contribution is -2.27. The van der Waals surface area contributed by atoms with Crippen molar-refractivity contribution in [2.45, 2.75) is 32.2 Å². The van der Waals surface area contributed by atoms with E-state index < -0.39 is 0 Å². The molecule has 1 aromatic rings. The van der Waals surface area contributed by atoms with E-state index in [1.165, 1.54) is 12.8 Å². The average molecular weight is 266 g/mol. The number of ether oxygens (including phenoxy) is 1. The quantitative estimate of drug-likeness (QED) is 0.717. The van der Waals surface area contributed by atoms with Gasteiger partial charge in [0.25, 0.3) is 0 Å². The zero-order valence-electron chi connectivity index (χ0n) is 11.6. The van der Waals surface area contributed by atoms with Gasteiger partial charge in [-0.05, 0) is 26.3 Å². The van der Waals surface area contributed by atoms with Gasteiger partial charge < -0.3 is 20.7 Å². The molecule has 7 heteroatoms. The largest absolute Gasteiger partial charge is 0.463 e. The third kappa shape index (κ3) is 4.51. The smallest absolute Gasteiger partial charge is 0.323 e. The molecule has 1 aliphatic rings. The van der Waals surface area contributed by atoms with Crippen LogP contribution in [0, 0.1) is 0 Å². The van der Waals surface area contributed by atoms with Crippen molar-refractivity contribution < 1.29 is 4.74 Å². The van der Waals surface area contributed by atoms with Crippen LogP contribution in [0.4, 0.5) is 11.9 Å². The highest BCUT2D eigenvalue weighted by Crippen LogP contribution is 2.24. The molecule has 0 radical (unpaired) electrons. The Kier molecular flexibility index (Phi) is 4.73. The summed E-state index contributed by atoms with van der Waals surface area (Å²) in [5.74, 6) is 0.655. The lowest BCUT2D eigenvalue weighted by atomic mass is 10.5. The molecule has 1 aliphatic carbocycles. The maximum atomic E-state index is 5.63. The molecule has 1 aromatic heterocycles. The van der Waals surface area contributed by atoms with E-state index in [4.69, 9.17) is 10.5 Å². The molecular formula is C12H22N6O. The highest BCUT2D eigenvalue weighted by Gasteiger charge is 2.25. The van der Waals surface area contributed by atoms with Crippen molar-refractivity contribution in [3.8, 4) is 6.01 Å². The second kappa shape index (κ2) is 6.51. The standard InChI is InChI=1S/C12H22N6O/c1-3-8-19-12-16-10(13)15-11(17-12)14-6-7-18(2)9-4-5-9/h9H,3-8H2,1-2H3,(H3,13,14,15,16,17). The van der Waals surface area contributed by atoms with Crippen molar-refractivity contribution in [1.82, 2.24) is 19.9 Å². The minimum Gasteiger partial charge on any atom is -0.463 e. The van der Waals surface area contributed by atoms with E-state index in [-0.39, 0.29) is 12.0 Å². The summed E-state index contributed by atoms with van der Waals surface area (Å²) >= 11 is 0. The van der Waals surface area contributed by atoms with Crippen molar-refractivity contribution in [1.29, 1.82) is 0 Å². The van der Waals surface area contributed by atoms with E-state index in [1.807, 2.05) is 6.92 Å². The van der Waals surface area contributed by atoms with Gasteiger partial charge in [-0.25, -0.2) is 0 Å². The van der Waals surface area contributed by atoms with Gasteiger partial charge in [-0.2, -0.15) is 15.0 Å². The van der Waals surface area contributed by atoms with E-state index in [9.17, 15) is 0 Å². The molecule has 7 nitrogen and oxygen atoms in total. The Morgan fingerprint density at radius 1 is 1.37 bits per heavy atom. The van der Waals surface area contributed by atoms with Crippen LogP contribution in [0.3, 0.4) is 0 Å². The van der Waals surface area contributed by atoms with Gasteiger partial charge in [0, 0.05) is 19.1 Å². The third-order valence-corrected chi connectivity index (χ3v) is 2.99. The highest BCUT2D eigenvalue weighted by molar-refractivity contribution is 5.32. The highest BCUT2D eigenvalue weighted by atomic mass is 16.5. The van der Waals surface area contributed by atoms with Crippen LogP contribution in [-0.2, 0) is 0 Å². The average Bonchev–Trinajstić information content (AvgIpc) is 3.20. The fourth-order valence-corrected chi connectivity index (χ4v) is 1.75. The fourth-order valence-electron chi connectivity index (χ4n) is 1.75. The summed E-state index contributed by atoms with van der Waals surface area (Å²) in [6.45, 7) is 4.34. The molecule has 0 aliphatic heterocycles. The number of nitrogen functional groups attached to an aromatic ring is 1. The molecule has 0 atom stereocenters. The molecule has 0 amide bonds. The summed E-state index contributed by atoms with van der Waals surface area (Å²) in [5.41, 5.74) is 5.63. The number of aromatic nitrogens is 3. The Balaban J connectivity index is 1.82. The van der Waals surface area contributed by atoms with Gasteiger partial charge in [0.15, 0.2) is 0 Å². The number of hydrogen-bond acceptors (Lipinski definition) is 7. The Bertz CT molecular complexity index is 409. The number of nitrogens with one attached hydrogen (secondary N) is 1. The molecule has 1 heterocycles. The van der Waals surface area contributed by atoms with Gasteiger partial charge in [-0.1, -0.05) is 6.92 Å². The monoisotopic (exact) mass is 266 g/mol. The summed E-state index contributed by atoms with van der Waals surface area (Å²) in [5, 5.41) is 3.15. The van der Waals surface area contributed by atoms with Crippen molar-refractivity contribution in [3.63, 3.8) is 0 Å². The number of hydrogen-bond donors (Lipinski definition) is 2. The van der Waals surface area contributed by atoms with E-state index in [0.717, 1.165) is 25.6 Å². The SMILES string of the molecule is CCCOc1nc(N)nc(NCCN(C)C2CC2)n1. The van der Waals surface area contributed by atoms with Crippen molar-refractivity contribution in [2.75, 3.05) is 37.8 Å². The zero-order chi connectivity index (χ0) is 13.7. The van der Waals surface area contributed by atoms with Crippen LogP contribution in [-0.4, -0.2) is 52.6 Å². The minimum absolute atomic E-state index is 0.180. The predicted molar refractivity (Wildman–Crippen MR) is 74.2 cm³/mol. The first-order valence-corrected chi connectivity index (χ1v) is 6.77. The Labute approximate surface area is 113 Å². The van der Waals surface area contributed by atoms with E-state index in [2.05, 4.69) is 32.2 Å². The second-order valence-corrected chi connectivity index (χ2v) is 4.79. The van der Waals surface area contributed by atoms with Crippen LogP contribution in [0.1, 0.15) is 26.2 Å². The van der Waals surface area contributed by atoms with Crippen LogP contribution in [0.15, 0.2) is 0 Å².